The molecular weight excluding hydrogens is 439 g/mol. The molecule has 7 nitrogen and oxygen atoms in total. The van der Waals surface area contributed by atoms with Gasteiger partial charge in [-0.3, -0.25) is 9.59 Å². The number of hydrogen-bond donors (Lipinski definition) is 2. The molecule has 0 aliphatic rings. The summed E-state index contributed by atoms with van der Waals surface area (Å²) in [6, 6.07) is 9.84. The molecular formula is C27H43BN4O3. The van der Waals surface area contributed by atoms with Crippen molar-refractivity contribution in [2.24, 2.45) is 11.3 Å². The lowest BCUT2D eigenvalue weighted by Gasteiger charge is -2.43. The lowest BCUT2D eigenvalue weighted by Crippen LogP contribution is -2.63. The monoisotopic (exact) mass is 482 g/mol. The van der Waals surface area contributed by atoms with Gasteiger partial charge >= 0.3 is 7.05 Å². The average molecular weight is 482 g/mol. The van der Waals surface area contributed by atoms with Gasteiger partial charge < -0.3 is 20.1 Å². The van der Waals surface area contributed by atoms with Crippen LogP contribution in [-0.4, -0.2) is 65.8 Å². The van der Waals surface area contributed by atoms with Crippen LogP contribution in [0, 0.1) is 22.7 Å². The molecule has 192 valence electrons. The fourth-order valence-corrected chi connectivity index (χ4v) is 4.42. The number of carbonyl (C=O) groups is 2. The van der Waals surface area contributed by atoms with Gasteiger partial charge in [0.25, 0.3) is 0 Å². The number of hydrogen-bond acceptors (Lipinski definition) is 5. The molecule has 0 saturated carbocycles. The summed E-state index contributed by atoms with van der Waals surface area (Å²) >= 11 is 0. The molecule has 8 heteroatoms. The van der Waals surface area contributed by atoms with Crippen LogP contribution in [0.4, 0.5) is 0 Å². The molecule has 0 fully saturated rings. The number of nitrogens with one attached hydrogen (secondary N) is 1. The molecule has 0 aromatic heterocycles. The smallest absolute Gasteiger partial charge is 0.376 e. The van der Waals surface area contributed by atoms with Crippen LogP contribution in [-0.2, 0) is 15.0 Å². The minimum absolute atomic E-state index is 0.0796. The van der Waals surface area contributed by atoms with Gasteiger partial charge in [-0.2, -0.15) is 5.26 Å². The summed E-state index contributed by atoms with van der Waals surface area (Å²) in [6.07, 6.45) is 3.10. The molecule has 35 heavy (non-hydrogen) atoms. The van der Waals surface area contributed by atoms with Crippen molar-refractivity contribution in [1.82, 2.24) is 15.0 Å². The maximum atomic E-state index is 13.9. The third-order valence-corrected chi connectivity index (χ3v) is 6.69. The van der Waals surface area contributed by atoms with Crippen molar-refractivity contribution in [3.8, 4) is 6.07 Å². The minimum Gasteiger partial charge on any atom is -0.437 e. The Morgan fingerprint density at radius 2 is 1.66 bits per heavy atom. The van der Waals surface area contributed by atoms with E-state index in [0.29, 0.717) is 0 Å². The van der Waals surface area contributed by atoms with Gasteiger partial charge in [0.05, 0.1) is 18.2 Å². The molecule has 0 spiro atoms. The number of nitrogens with zero attached hydrogens (tertiary/aromatic N) is 3. The molecule has 0 aliphatic carbocycles. The van der Waals surface area contributed by atoms with Crippen molar-refractivity contribution in [2.75, 3.05) is 14.1 Å². The summed E-state index contributed by atoms with van der Waals surface area (Å²) in [7, 11) is 2.54. The molecule has 0 unspecified atom stereocenters. The first kappa shape index (κ1) is 30.4. The minimum atomic E-state index is -0.873. The molecule has 1 aromatic rings. The van der Waals surface area contributed by atoms with E-state index in [4.69, 9.17) is 5.26 Å². The van der Waals surface area contributed by atoms with Crippen molar-refractivity contribution in [1.29, 1.82) is 5.26 Å². The van der Waals surface area contributed by atoms with E-state index >= 15 is 0 Å². The number of amides is 2. The Kier molecular flexibility index (Phi) is 10.7. The average Bonchev–Trinajstić information content (AvgIpc) is 2.76. The fraction of sp³-hybridized carbons (Fsp3) is 0.593. The Morgan fingerprint density at radius 3 is 2.09 bits per heavy atom. The maximum absolute atomic E-state index is 13.9. The summed E-state index contributed by atoms with van der Waals surface area (Å²) in [5, 5.41) is 22.4. The molecule has 1 aromatic carbocycles. The molecule has 0 heterocycles. The second-order valence-electron chi connectivity index (χ2n) is 11.3. The van der Waals surface area contributed by atoms with Gasteiger partial charge in [0.15, 0.2) is 0 Å². The zero-order chi connectivity index (χ0) is 27.1. The highest BCUT2D eigenvalue weighted by Crippen LogP contribution is 2.31. The van der Waals surface area contributed by atoms with Crippen molar-refractivity contribution in [2.45, 2.75) is 78.8 Å². The zero-order valence-corrected chi connectivity index (χ0v) is 23.0. The number of allylic oxidation sites excluding steroid dienone is 1. The Balaban J connectivity index is 3.43. The predicted molar refractivity (Wildman–Crippen MR) is 142 cm³/mol. The zero-order valence-electron chi connectivity index (χ0n) is 23.0. The fourth-order valence-electron chi connectivity index (χ4n) is 4.42. The first-order valence-electron chi connectivity index (χ1n) is 12.2. The Bertz CT molecular complexity index is 917. The molecule has 3 atom stereocenters. The molecule has 0 radical (unpaired) electrons. The van der Waals surface area contributed by atoms with Gasteiger partial charge in [0.1, 0.15) is 6.04 Å². The highest BCUT2D eigenvalue weighted by atomic mass is 16.2. The van der Waals surface area contributed by atoms with Gasteiger partial charge in [-0.15, -0.1) is 0 Å². The van der Waals surface area contributed by atoms with Crippen molar-refractivity contribution < 1.29 is 14.6 Å². The standard InChI is InChI=1S/C27H43BN4O3/c1-19(2)21(17-14-18-29)31(9)25(34)22(26(3,4)5)30-24(33)23(32(10)28(8)35)27(6,7)20-15-12-11-13-16-20/h11-17,19,21-23,35H,1-10H3,(H,30,33)/b17-14+/t21-,22-,23-/m1/s1. The second kappa shape index (κ2) is 12.4. The van der Waals surface area contributed by atoms with Crippen LogP contribution in [0.5, 0.6) is 0 Å². The number of nitriles is 1. The second-order valence-corrected chi connectivity index (χ2v) is 11.3. The first-order valence-corrected chi connectivity index (χ1v) is 12.2. The van der Waals surface area contributed by atoms with Crippen LogP contribution in [0.2, 0.25) is 6.82 Å². The quantitative estimate of drug-likeness (QED) is 0.393. The van der Waals surface area contributed by atoms with Crippen LogP contribution in [0.3, 0.4) is 0 Å². The lowest BCUT2D eigenvalue weighted by atomic mass is 9.71. The molecule has 2 amide bonds. The van der Waals surface area contributed by atoms with Gasteiger partial charge in [0.2, 0.25) is 11.8 Å². The molecule has 2 N–H and O–H groups in total. The van der Waals surface area contributed by atoms with Gasteiger partial charge in [-0.05, 0) is 30.8 Å². The number of carbonyl (C=O) groups excluding carboxylic acids is 2. The maximum Gasteiger partial charge on any atom is 0.376 e. The number of benzene rings is 1. The summed E-state index contributed by atoms with van der Waals surface area (Å²) in [5.74, 6) is -0.489. The summed E-state index contributed by atoms with van der Waals surface area (Å²) in [4.78, 5) is 30.8. The number of likely N-dealkylation sites (N-methyl/N-ethyl adjacent to an activating group) is 2. The van der Waals surface area contributed by atoms with E-state index in [0.717, 1.165) is 5.56 Å². The largest absolute Gasteiger partial charge is 0.437 e. The molecule has 0 saturated heterocycles. The first-order chi connectivity index (χ1) is 16.1. The molecule has 1 rings (SSSR count). The van der Waals surface area contributed by atoms with Crippen LogP contribution in [0.1, 0.15) is 54.0 Å². The van der Waals surface area contributed by atoms with Crippen LogP contribution >= 0.6 is 0 Å². The van der Waals surface area contributed by atoms with E-state index in [1.807, 2.05) is 84.9 Å². The van der Waals surface area contributed by atoms with Crippen molar-refractivity contribution >= 4 is 18.9 Å². The van der Waals surface area contributed by atoms with E-state index < -0.39 is 30.0 Å². The van der Waals surface area contributed by atoms with Crippen LogP contribution in [0.25, 0.3) is 0 Å². The van der Waals surface area contributed by atoms with Gasteiger partial charge in [-0.1, -0.05) is 84.9 Å². The van der Waals surface area contributed by atoms with Gasteiger partial charge in [0, 0.05) is 18.5 Å². The highest BCUT2D eigenvalue weighted by molar-refractivity contribution is 6.45. The van der Waals surface area contributed by atoms with E-state index in [2.05, 4.69) is 5.32 Å². The molecule has 0 bridgehead atoms. The predicted octanol–water partition coefficient (Wildman–Crippen LogP) is 3.47. The van der Waals surface area contributed by atoms with Gasteiger partial charge in [-0.25, -0.2) is 0 Å². The topological polar surface area (TPSA) is 96.7 Å². The van der Waals surface area contributed by atoms with E-state index in [-0.39, 0.29) is 23.8 Å². The van der Waals surface area contributed by atoms with Crippen molar-refractivity contribution in [3.63, 3.8) is 0 Å². The highest BCUT2D eigenvalue weighted by Gasteiger charge is 2.44. The normalized spacial score (nSPS) is 15.0. The van der Waals surface area contributed by atoms with E-state index in [1.54, 1.807) is 36.7 Å². The summed E-state index contributed by atoms with van der Waals surface area (Å²) in [6.45, 7) is 15.3. The number of rotatable bonds is 10. The SMILES string of the molecule is CB(O)N(C)[C@H](C(=O)N[C@H](C(=O)N(C)[C@H](/C=C/C#N)C(C)C)C(C)(C)C)C(C)(C)c1ccccc1. The third-order valence-electron chi connectivity index (χ3n) is 6.69. The lowest BCUT2D eigenvalue weighted by molar-refractivity contribution is -0.141. The van der Waals surface area contributed by atoms with E-state index in [9.17, 15) is 14.6 Å². The van der Waals surface area contributed by atoms with Crippen LogP contribution < -0.4 is 5.32 Å². The third kappa shape index (κ3) is 7.68. The van der Waals surface area contributed by atoms with E-state index in [1.165, 1.54) is 6.08 Å². The summed E-state index contributed by atoms with van der Waals surface area (Å²) < 4.78 is 0. The van der Waals surface area contributed by atoms with Crippen molar-refractivity contribution in [3.05, 3.63) is 48.0 Å². The Hall–Kier alpha value is -2.63. The Labute approximate surface area is 212 Å². The Morgan fingerprint density at radius 1 is 1.11 bits per heavy atom. The summed E-state index contributed by atoms with van der Waals surface area (Å²) in [5.41, 5.74) is -0.290. The van der Waals surface area contributed by atoms with Crippen LogP contribution in [0.15, 0.2) is 42.5 Å². The molecule has 0 aliphatic heterocycles.